The Balaban J connectivity index is -0.0000000800. The van der Waals surface area contributed by atoms with E-state index in [1.807, 2.05) is 0 Å². The minimum atomic E-state index is -5.17. The predicted molar refractivity (Wildman–Crippen MR) is 11.2 cm³/mol. The van der Waals surface area contributed by atoms with Crippen LogP contribution in [-0.2, 0) is 15.9 Å². The maximum absolute atomic E-state index is 8.52. The monoisotopic (exact) mass is 350 g/mol. The third-order valence-electron chi connectivity index (χ3n) is 0. The van der Waals surface area contributed by atoms with E-state index in [0.29, 0.717) is 0 Å². The summed E-state index contributed by atoms with van der Waals surface area (Å²) in [7, 11) is -5.17. The van der Waals surface area contributed by atoms with E-state index in [0.717, 1.165) is 0 Å². The zero-order chi connectivity index (χ0) is 4.50. The minimum Gasteiger partial charge on any atom is -2.00 e. The summed E-state index contributed by atoms with van der Waals surface area (Å²) in [6.07, 6.45) is 0. The Morgan fingerprint density at radius 2 is 1.14 bits per heavy atom. The van der Waals surface area contributed by atoms with E-state index in [4.69, 9.17) is 17.5 Å². The van der Waals surface area contributed by atoms with Crippen molar-refractivity contribution >= 4 is 10.4 Å². The van der Waals surface area contributed by atoms with Gasteiger partial charge in [0.05, 0.1) is 0 Å². The molecule has 0 atom stereocenters. The molecule has 0 spiro atoms. The van der Waals surface area contributed by atoms with Crippen LogP contribution in [0.5, 0.6) is 0 Å². The second-order valence-corrected chi connectivity index (χ2v) is 1.22. The van der Waals surface area contributed by atoms with Crippen LogP contribution in [0.1, 0.15) is 0 Å². The van der Waals surface area contributed by atoms with Gasteiger partial charge in [-0.3, -0.25) is 8.42 Å². The van der Waals surface area contributed by atoms with Crippen LogP contribution in [0, 0.1) is 31.1 Å². The zero-order valence-electron chi connectivity index (χ0n) is 2.95. The zero-order valence-corrected chi connectivity index (χ0v) is 7.93. The van der Waals surface area contributed by atoms with E-state index in [2.05, 4.69) is 0 Å². The molecule has 0 aliphatic heterocycles. The van der Waals surface area contributed by atoms with Crippen LogP contribution in [0.15, 0.2) is 0 Å². The molecule has 0 rings (SSSR count). The van der Waals surface area contributed by atoms with E-state index in [-0.39, 0.29) is 36.6 Å². The van der Waals surface area contributed by atoms with Gasteiger partial charge in [-0.25, -0.2) is 0 Å². The Hall–Kier alpha value is 0.882. The van der Waals surface area contributed by atoms with Crippen LogP contribution in [0.4, 0.5) is 0 Å². The molecule has 0 aromatic heterocycles. The fourth-order valence-electron chi connectivity index (χ4n) is 0. The number of hydrogen-bond acceptors (Lipinski definition) is 4. The van der Waals surface area contributed by atoms with Crippen molar-refractivity contribution in [3.63, 3.8) is 0 Å². The average Bonchev–Trinajstić information content (AvgIpc) is 0.722. The van der Waals surface area contributed by atoms with Gasteiger partial charge in [-0.2, -0.15) is 0 Å². The molecule has 0 saturated carbocycles. The van der Waals surface area contributed by atoms with Crippen LogP contribution < -0.4 is 0 Å². The first kappa shape index (κ1) is 15.7. The molecule has 0 saturated heterocycles. The first-order valence-corrected chi connectivity index (χ1v) is 2.00. The molecule has 7 heavy (non-hydrogen) atoms. The van der Waals surface area contributed by atoms with Gasteiger partial charge in [-0.05, 0) is 0 Å². The molecule has 0 aliphatic carbocycles. The van der Waals surface area contributed by atoms with Crippen LogP contribution in [0.25, 0.3) is 0 Å². The molecule has 0 radical (unpaired) electrons. The van der Waals surface area contributed by atoms with Crippen molar-refractivity contribution in [2.45, 2.75) is 0 Å². The summed E-state index contributed by atoms with van der Waals surface area (Å²) in [4.78, 5) is 0. The van der Waals surface area contributed by atoms with Gasteiger partial charge in [0.25, 0.3) is 0 Å². The van der Waals surface area contributed by atoms with Crippen molar-refractivity contribution in [1.29, 1.82) is 0 Å². The molecule has 0 aliphatic rings. The maximum atomic E-state index is 8.52. The molecular formula is O5SU. The van der Waals surface area contributed by atoms with E-state index in [1.165, 1.54) is 0 Å². The Labute approximate surface area is 64.4 Å². The van der Waals surface area contributed by atoms with Gasteiger partial charge in [0.15, 0.2) is 0 Å². The van der Waals surface area contributed by atoms with Gasteiger partial charge in [-0.15, -0.1) is 0 Å². The average molecular weight is 350 g/mol. The third kappa shape index (κ3) is 211. The normalized spacial score (nSPS) is 8.29. The molecule has 0 amide bonds. The fourth-order valence-corrected chi connectivity index (χ4v) is 0. The molecule has 0 fully saturated rings. The molecule has 0 bridgehead atoms. The Morgan fingerprint density at radius 1 is 1.14 bits per heavy atom. The predicted octanol–water partition coefficient (Wildman–Crippen LogP) is -1.46. The molecular weight excluding hydrogens is 350 g/mol. The van der Waals surface area contributed by atoms with Gasteiger partial charge in [0.2, 0.25) is 0 Å². The van der Waals surface area contributed by atoms with Gasteiger partial charge >= 0.3 is 31.1 Å². The first-order chi connectivity index (χ1) is 2.00. The van der Waals surface area contributed by atoms with Crippen LogP contribution in [-0.4, -0.2) is 17.5 Å². The maximum Gasteiger partial charge on any atom is 4.00 e. The quantitative estimate of drug-likeness (QED) is 0.393. The van der Waals surface area contributed by atoms with Gasteiger partial charge in [0, 0.05) is 10.4 Å². The van der Waals surface area contributed by atoms with Gasteiger partial charge in [-0.1, -0.05) is 0 Å². The molecule has 0 aromatic carbocycles. The summed E-state index contributed by atoms with van der Waals surface area (Å²) in [5, 5.41) is 0. The summed E-state index contributed by atoms with van der Waals surface area (Å²) in [6, 6.07) is 0. The van der Waals surface area contributed by atoms with Gasteiger partial charge < -0.3 is 14.6 Å². The van der Waals surface area contributed by atoms with Crippen molar-refractivity contribution in [1.82, 2.24) is 0 Å². The van der Waals surface area contributed by atoms with E-state index >= 15 is 0 Å². The summed E-state index contributed by atoms with van der Waals surface area (Å²) in [5.74, 6) is 0. The SMILES string of the molecule is O=S(=O)([O-])[O-].[O-2].[U+4]. The van der Waals surface area contributed by atoms with E-state index < -0.39 is 10.4 Å². The van der Waals surface area contributed by atoms with Crippen molar-refractivity contribution in [2.24, 2.45) is 0 Å². The first-order valence-electron chi connectivity index (χ1n) is 0.667. The molecule has 5 nitrogen and oxygen atoms in total. The largest absolute Gasteiger partial charge is 4.00 e. The molecule has 0 N–H and O–H groups in total. The topological polar surface area (TPSA) is 109 Å². The molecule has 0 aromatic rings. The smallest absolute Gasteiger partial charge is 2.00 e. The Kier molecular flexibility index (Phi) is 11.2. The van der Waals surface area contributed by atoms with Crippen LogP contribution in [0.2, 0.25) is 0 Å². The van der Waals surface area contributed by atoms with E-state index in [9.17, 15) is 0 Å². The Bertz CT molecular complexity index is 91.2. The van der Waals surface area contributed by atoms with Crippen molar-refractivity contribution < 1.29 is 54.1 Å². The fraction of sp³-hybridized carbons (Fsp3) is 0. The van der Waals surface area contributed by atoms with Crippen molar-refractivity contribution in [2.75, 3.05) is 0 Å². The summed E-state index contributed by atoms with van der Waals surface area (Å²) >= 11 is 0. The number of hydrogen-bond donors (Lipinski definition) is 0. The molecule has 0 unspecified atom stereocenters. The summed E-state index contributed by atoms with van der Waals surface area (Å²) in [5.41, 5.74) is 0. The van der Waals surface area contributed by atoms with Crippen molar-refractivity contribution in [3.8, 4) is 0 Å². The standard InChI is InChI=1S/H2O4S.O.U/c1-5(2,3)4;;/h(H2,1,2,3,4);;/q;-2;+4/p-2. The molecule has 7 heteroatoms. The third-order valence-corrected chi connectivity index (χ3v) is 0. The summed E-state index contributed by atoms with van der Waals surface area (Å²) < 4.78 is 34.1. The van der Waals surface area contributed by atoms with Crippen LogP contribution in [0.3, 0.4) is 0 Å². The second kappa shape index (κ2) is 5.03. The molecule has 0 heterocycles. The number of rotatable bonds is 0. The molecule has 40 valence electrons. The van der Waals surface area contributed by atoms with Gasteiger partial charge in [0.1, 0.15) is 0 Å². The van der Waals surface area contributed by atoms with Crippen molar-refractivity contribution in [3.05, 3.63) is 0 Å². The second-order valence-electron chi connectivity index (χ2n) is 0.408. The van der Waals surface area contributed by atoms with Crippen LogP contribution >= 0.6 is 0 Å². The Morgan fingerprint density at radius 3 is 1.14 bits per heavy atom. The minimum absolute atomic E-state index is 0. The van der Waals surface area contributed by atoms with E-state index in [1.54, 1.807) is 0 Å². The summed E-state index contributed by atoms with van der Waals surface area (Å²) in [6.45, 7) is 0.